The van der Waals surface area contributed by atoms with Crippen LogP contribution in [0.5, 0.6) is 5.75 Å². The van der Waals surface area contributed by atoms with Gasteiger partial charge in [0, 0.05) is 35.8 Å². The smallest absolute Gasteiger partial charge is 0.269 e. The Kier molecular flexibility index (Phi) is 8.23. The number of rotatable bonds is 9. The maximum absolute atomic E-state index is 12.6. The first kappa shape index (κ1) is 25.9. The highest BCUT2D eigenvalue weighted by molar-refractivity contribution is 9.10. The highest BCUT2D eigenvalue weighted by Gasteiger charge is 2.13. The van der Waals surface area contributed by atoms with Crippen molar-refractivity contribution in [3.05, 3.63) is 109 Å². The number of halogens is 2. The van der Waals surface area contributed by atoms with Crippen molar-refractivity contribution in [2.24, 2.45) is 0 Å². The van der Waals surface area contributed by atoms with Crippen molar-refractivity contribution in [3.63, 3.8) is 0 Å². The van der Waals surface area contributed by atoms with Crippen LogP contribution in [0.3, 0.4) is 0 Å². The molecule has 0 aliphatic carbocycles. The number of nitriles is 1. The summed E-state index contributed by atoms with van der Waals surface area (Å²) in [4.78, 5) is 26.1. The number of para-hydroxylation sites is 1. The van der Waals surface area contributed by atoms with E-state index in [4.69, 9.17) is 16.3 Å². The maximum atomic E-state index is 12.6. The number of nitro benzene ring substituents is 1. The number of ether oxygens (including phenoxy) is 1. The predicted molar refractivity (Wildman–Crippen MR) is 145 cm³/mol. The fourth-order valence-corrected chi connectivity index (χ4v) is 4.72. The molecular weight excluding hydrogens is 560 g/mol. The molecule has 0 fully saturated rings. The van der Waals surface area contributed by atoms with Gasteiger partial charge in [0.2, 0.25) is 0 Å². The lowest BCUT2D eigenvalue weighted by Gasteiger charge is -2.11. The van der Waals surface area contributed by atoms with Crippen LogP contribution in [-0.2, 0) is 17.8 Å². The molecule has 4 aromatic rings. The average Bonchev–Trinajstić information content (AvgIpc) is 3.30. The third-order valence-corrected chi connectivity index (χ3v) is 6.45. The van der Waals surface area contributed by atoms with Gasteiger partial charge in [0.05, 0.1) is 14.4 Å². The third kappa shape index (κ3) is 6.36. The quantitative estimate of drug-likeness (QED) is 0.104. The summed E-state index contributed by atoms with van der Waals surface area (Å²) in [5.41, 5.74) is 3.33. The standard InChI is InChI=1S/C27H20BrClN4O4/c28-23-12-18(13-24(29)26(23)37-16-17-5-7-21(8-6-17)33(35)36)11-20(14-30)27(34)31-10-9-19-15-32-25-4-2-1-3-22(19)25/h1-8,11-13,15,32H,9-10,16H2,(H,31,34)/b20-11-. The molecule has 0 aliphatic rings. The number of aromatic amines is 1. The number of benzene rings is 3. The molecule has 0 unspecified atom stereocenters. The zero-order chi connectivity index (χ0) is 26.4. The number of hydrogen-bond acceptors (Lipinski definition) is 5. The minimum absolute atomic E-state index is 0.00518. The number of hydrogen-bond donors (Lipinski definition) is 2. The predicted octanol–water partition coefficient (Wildman–Crippen LogP) is 6.34. The van der Waals surface area contributed by atoms with E-state index in [1.54, 1.807) is 24.3 Å². The van der Waals surface area contributed by atoms with Gasteiger partial charge in [-0.3, -0.25) is 14.9 Å². The number of carbonyl (C=O) groups is 1. The summed E-state index contributed by atoms with van der Waals surface area (Å²) in [7, 11) is 0. The van der Waals surface area contributed by atoms with Crippen molar-refractivity contribution < 1.29 is 14.5 Å². The molecule has 2 N–H and O–H groups in total. The highest BCUT2D eigenvalue weighted by atomic mass is 79.9. The fraction of sp³-hybridized carbons (Fsp3) is 0.111. The van der Waals surface area contributed by atoms with Gasteiger partial charge in [-0.05, 0) is 75.4 Å². The molecule has 0 radical (unpaired) electrons. The van der Waals surface area contributed by atoms with E-state index in [-0.39, 0.29) is 22.9 Å². The number of fused-ring (bicyclic) bond motifs is 1. The van der Waals surface area contributed by atoms with Crippen LogP contribution in [0.1, 0.15) is 16.7 Å². The van der Waals surface area contributed by atoms with Crippen molar-refractivity contribution in [1.29, 1.82) is 5.26 Å². The Morgan fingerprint density at radius 3 is 2.68 bits per heavy atom. The molecule has 0 spiro atoms. The molecule has 0 aliphatic heterocycles. The molecule has 0 bridgehead atoms. The van der Waals surface area contributed by atoms with Crippen LogP contribution in [0, 0.1) is 21.4 Å². The Balaban J connectivity index is 1.39. The van der Waals surface area contributed by atoms with E-state index >= 15 is 0 Å². The van der Waals surface area contributed by atoms with Crippen LogP contribution in [0.4, 0.5) is 5.69 Å². The Hall–Kier alpha value is -4.13. The van der Waals surface area contributed by atoms with E-state index in [0.717, 1.165) is 22.0 Å². The third-order valence-electron chi connectivity index (χ3n) is 5.58. The van der Waals surface area contributed by atoms with Gasteiger partial charge in [0.25, 0.3) is 11.6 Å². The summed E-state index contributed by atoms with van der Waals surface area (Å²) in [5.74, 6) is -0.105. The van der Waals surface area contributed by atoms with Gasteiger partial charge in [0.1, 0.15) is 18.2 Å². The number of non-ortho nitro benzene ring substituents is 1. The Morgan fingerprint density at radius 1 is 1.22 bits per heavy atom. The lowest BCUT2D eigenvalue weighted by Crippen LogP contribution is -2.26. The Labute approximate surface area is 225 Å². The topological polar surface area (TPSA) is 121 Å². The summed E-state index contributed by atoms with van der Waals surface area (Å²) < 4.78 is 6.32. The number of amides is 1. The van der Waals surface area contributed by atoms with Crippen LogP contribution in [0.25, 0.3) is 17.0 Å². The monoisotopic (exact) mass is 578 g/mol. The maximum Gasteiger partial charge on any atom is 0.269 e. The average molecular weight is 580 g/mol. The van der Waals surface area contributed by atoms with Crippen LogP contribution >= 0.6 is 27.5 Å². The van der Waals surface area contributed by atoms with Crippen molar-refractivity contribution in [2.45, 2.75) is 13.0 Å². The largest absolute Gasteiger partial charge is 0.486 e. The zero-order valence-corrected chi connectivity index (χ0v) is 21.7. The number of carbonyl (C=O) groups excluding carboxylic acids is 1. The lowest BCUT2D eigenvalue weighted by molar-refractivity contribution is -0.384. The van der Waals surface area contributed by atoms with Crippen LogP contribution in [0.2, 0.25) is 5.02 Å². The second kappa shape index (κ2) is 11.7. The molecule has 186 valence electrons. The summed E-state index contributed by atoms with van der Waals surface area (Å²) in [6.07, 6.45) is 3.99. The molecule has 0 saturated carbocycles. The molecule has 1 amide bonds. The zero-order valence-electron chi connectivity index (χ0n) is 19.3. The molecule has 1 heterocycles. The molecular formula is C27H20BrClN4O4. The van der Waals surface area contributed by atoms with Gasteiger partial charge < -0.3 is 15.0 Å². The molecule has 0 saturated heterocycles. The fourth-order valence-electron chi connectivity index (χ4n) is 3.73. The molecule has 10 heteroatoms. The number of aromatic nitrogens is 1. The van der Waals surface area contributed by atoms with E-state index in [0.29, 0.717) is 28.8 Å². The Morgan fingerprint density at radius 2 is 1.97 bits per heavy atom. The van der Waals surface area contributed by atoms with Crippen LogP contribution in [-0.4, -0.2) is 22.4 Å². The van der Waals surface area contributed by atoms with Gasteiger partial charge in [0.15, 0.2) is 5.75 Å². The summed E-state index contributed by atoms with van der Waals surface area (Å²) >= 11 is 9.82. The summed E-state index contributed by atoms with van der Waals surface area (Å²) in [6.45, 7) is 0.521. The number of nitro groups is 1. The normalized spacial score (nSPS) is 11.2. The van der Waals surface area contributed by atoms with Crippen molar-refractivity contribution >= 4 is 56.1 Å². The SMILES string of the molecule is N#C/C(=C/c1cc(Cl)c(OCc2ccc([N+](=O)[O-])cc2)c(Br)c1)C(=O)NCCc1c[nH]c2ccccc12. The van der Waals surface area contributed by atoms with Crippen LogP contribution < -0.4 is 10.1 Å². The van der Waals surface area contributed by atoms with Crippen molar-refractivity contribution in [1.82, 2.24) is 10.3 Å². The first-order valence-electron chi connectivity index (χ1n) is 11.2. The highest BCUT2D eigenvalue weighted by Crippen LogP contribution is 2.35. The van der Waals surface area contributed by atoms with E-state index in [1.165, 1.54) is 18.2 Å². The van der Waals surface area contributed by atoms with Crippen molar-refractivity contribution in [2.75, 3.05) is 6.54 Å². The molecule has 4 rings (SSSR count). The van der Waals surface area contributed by atoms with E-state index in [2.05, 4.69) is 26.2 Å². The summed E-state index contributed by atoms with van der Waals surface area (Å²) in [5, 5.41) is 24.5. The number of nitrogens with zero attached hydrogens (tertiary/aromatic N) is 2. The first-order chi connectivity index (χ1) is 17.9. The first-order valence-corrected chi connectivity index (χ1v) is 12.3. The second-order valence-corrected chi connectivity index (χ2v) is 9.32. The Bertz CT molecular complexity index is 1520. The minimum atomic E-state index is -0.479. The van der Waals surface area contributed by atoms with E-state index in [1.807, 2.05) is 36.5 Å². The minimum Gasteiger partial charge on any atom is -0.486 e. The van der Waals surface area contributed by atoms with Crippen LogP contribution in [0.15, 0.2) is 76.9 Å². The van der Waals surface area contributed by atoms with E-state index in [9.17, 15) is 20.2 Å². The summed E-state index contributed by atoms with van der Waals surface area (Å²) in [6, 6.07) is 19.2. The molecule has 1 aromatic heterocycles. The molecule has 8 nitrogen and oxygen atoms in total. The van der Waals surface area contributed by atoms with Gasteiger partial charge in [-0.2, -0.15) is 5.26 Å². The number of H-pyrrole nitrogens is 1. The van der Waals surface area contributed by atoms with Gasteiger partial charge >= 0.3 is 0 Å². The molecule has 0 atom stereocenters. The van der Waals surface area contributed by atoms with Gasteiger partial charge in [-0.15, -0.1) is 0 Å². The molecule has 37 heavy (non-hydrogen) atoms. The lowest BCUT2D eigenvalue weighted by atomic mass is 10.1. The van der Waals surface area contributed by atoms with Gasteiger partial charge in [-0.1, -0.05) is 29.8 Å². The van der Waals surface area contributed by atoms with E-state index < -0.39 is 10.8 Å². The number of nitrogens with one attached hydrogen (secondary N) is 2. The van der Waals surface area contributed by atoms with Gasteiger partial charge in [-0.25, -0.2) is 0 Å². The second-order valence-electron chi connectivity index (χ2n) is 8.06. The van der Waals surface area contributed by atoms with Crippen molar-refractivity contribution in [3.8, 4) is 11.8 Å². The molecule has 3 aromatic carbocycles.